The van der Waals surface area contributed by atoms with Gasteiger partial charge in [-0.2, -0.15) is 0 Å². The number of thiophene rings is 1. The van der Waals surface area contributed by atoms with Gasteiger partial charge in [-0.25, -0.2) is 0 Å². The second kappa shape index (κ2) is 21.7. The van der Waals surface area contributed by atoms with Gasteiger partial charge in [-0.15, -0.1) is 11.3 Å². The fraction of sp³-hybridized carbons (Fsp3) is 0. The van der Waals surface area contributed by atoms with Crippen molar-refractivity contribution in [2.45, 2.75) is 0 Å². The lowest BCUT2D eigenvalue weighted by molar-refractivity contribution is 0.669. The highest BCUT2D eigenvalue weighted by Crippen LogP contribution is 2.55. The highest BCUT2D eigenvalue weighted by Gasteiger charge is 2.46. The van der Waals surface area contributed by atoms with Crippen molar-refractivity contribution in [2.24, 2.45) is 0 Å². The van der Waals surface area contributed by atoms with Crippen molar-refractivity contribution in [3.05, 3.63) is 340 Å². The van der Waals surface area contributed by atoms with Gasteiger partial charge in [0.25, 0.3) is 6.71 Å². The molecule has 0 spiro atoms. The lowest BCUT2D eigenvalue weighted by Gasteiger charge is -2.46. The number of nitrogens with zero attached hydrogens (tertiary/aromatic N) is 3. The van der Waals surface area contributed by atoms with Crippen molar-refractivity contribution in [1.29, 1.82) is 0 Å². The molecule has 0 saturated heterocycles. The standard InChI is InChI=1S/C90H56BN3OS/c1-5-24-57(25-6-1)66-37-21-38-67(58-26-7-2-8-27-58)89(66)93-79-50-46-62(65-36-23-44-84-87(65)73-35-15-19-43-83(73)95-84)53-76(79)91-75-49-48-64(92-77-41-17-13-32-70(77)71-33-14-18-42-78(71)92)56-80(75)94(90-68(59-28-9-3-10-29-59)39-22-40-69(90)60-30-11-4-12-31-60)82-55-63(54-81(93)88(82)91)61-47-51-86-74(52-61)72-34-16-20-45-85(72)96-86/h1-56H. The molecule has 5 heterocycles. The molecule has 0 N–H and O–H groups in total. The van der Waals surface area contributed by atoms with Crippen molar-refractivity contribution in [3.63, 3.8) is 0 Å². The first kappa shape index (κ1) is 54.4. The highest BCUT2D eigenvalue weighted by molar-refractivity contribution is 7.25. The number of anilines is 6. The Morgan fingerprint density at radius 1 is 0.271 bits per heavy atom. The molecule has 18 aromatic rings. The van der Waals surface area contributed by atoms with Crippen LogP contribution in [-0.2, 0) is 0 Å². The molecular formula is C90H56BN3OS. The monoisotopic (exact) mass is 1240 g/mol. The molecule has 0 unspecified atom stereocenters. The Morgan fingerprint density at radius 3 is 1.35 bits per heavy atom. The van der Waals surface area contributed by atoms with Crippen LogP contribution in [0.1, 0.15) is 0 Å². The number of hydrogen-bond acceptors (Lipinski definition) is 4. The molecule has 6 heteroatoms. The van der Waals surface area contributed by atoms with E-state index in [9.17, 15) is 0 Å². The van der Waals surface area contributed by atoms with E-state index in [1.807, 2.05) is 11.3 Å². The van der Waals surface area contributed by atoms with Crippen molar-refractivity contribution < 1.29 is 4.42 Å². The Labute approximate surface area is 559 Å². The molecule has 2 aliphatic rings. The van der Waals surface area contributed by atoms with Crippen LogP contribution in [0.3, 0.4) is 0 Å². The fourth-order valence-electron chi connectivity index (χ4n) is 16.0. The molecule has 0 atom stereocenters. The third-order valence-electron chi connectivity index (χ3n) is 20.2. The second-order valence-electron chi connectivity index (χ2n) is 25.4. The Kier molecular flexibility index (Phi) is 12.3. The van der Waals surface area contributed by atoms with Gasteiger partial charge in [-0.05, 0) is 134 Å². The lowest BCUT2D eigenvalue weighted by Crippen LogP contribution is -2.61. The molecule has 4 nitrogen and oxygen atoms in total. The molecule has 446 valence electrons. The maximum absolute atomic E-state index is 6.68. The van der Waals surface area contributed by atoms with E-state index in [2.05, 4.69) is 354 Å². The van der Waals surface area contributed by atoms with Crippen LogP contribution < -0.4 is 26.2 Å². The Morgan fingerprint density at radius 2 is 0.750 bits per heavy atom. The van der Waals surface area contributed by atoms with E-state index in [1.54, 1.807) is 0 Å². The molecule has 0 aliphatic carbocycles. The van der Waals surface area contributed by atoms with Gasteiger partial charge in [-0.3, -0.25) is 0 Å². The van der Waals surface area contributed by atoms with Gasteiger partial charge >= 0.3 is 0 Å². The van der Waals surface area contributed by atoms with Crippen LogP contribution in [0.5, 0.6) is 0 Å². The largest absolute Gasteiger partial charge is 0.456 e. The summed E-state index contributed by atoms with van der Waals surface area (Å²) in [6.07, 6.45) is 0. The van der Waals surface area contributed by atoms with E-state index < -0.39 is 0 Å². The normalized spacial score (nSPS) is 12.5. The third-order valence-corrected chi connectivity index (χ3v) is 21.3. The van der Waals surface area contributed by atoms with Gasteiger partial charge in [0.2, 0.25) is 0 Å². The van der Waals surface area contributed by atoms with Crippen LogP contribution in [0, 0.1) is 0 Å². The zero-order valence-corrected chi connectivity index (χ0v) is 52.9. The molecule has 15 aromatic carbocycles. The minimum absolute atomic E-state index is 0.273. The first-order valence-corrected chi connectivity index (χ1v) is 33.8. The molecular weight excluding hydrogens is 1180 g/mol. The van der Waals surface area contributed by atoms with Gasteiger partial charge < -0.3 is 18.8 Å². The van der Waals surface area contributed by atoms with Crippen molar-refractivity contribution in [3.8, 4) is 72.4 Å². The Balaban J connectivity index is 0.972. The summed E-state index contributed by atoms with van der Waals surface area (Å²) in [5, 5.41) is 7.18. The van der Waals surface area contributed by atoms with Crippen molar-refractivity contribution in [2.75, 3.05) is 9.80 Å². The number of aromatic nitrogens is 1. The van der Waals surface area contributed by atoms with E-state index >= 15 is 0 Å². The number of fused-ring (bicyclic) bond motifs is 13. The molecule has 0 saturated carbocycles. The fourth-order valence-corrected chi connectivity index (χ4v) is 17.1. The summed E-state index contributed by atoms with van der Waals surface area (Å²) in [4.78, 5) is 5.34. The minimum atomic E-state index is -0.273. The van der Waals surface area contributed by atoms with Gasteiger partial charge in [0, 0.05) is 92.4 Å². The number of furan rings is 1. The first-order valence-electron chi connectivity index (χ1n) is 33.0. The number of para-hydroxylation sites is 5. The van der Waals surface area contributed by atoms with Crippen LogP contribution in [0.4, 0.5) is 34.1 Å². The second-order valence-corrected chi connectivity index (χ2v) is 26.5. The summed E-state index contributed by atoms with van der Waals surface area (Å²) < 4.78 is 11.7. The Hall–Kier alpha value is -12.2. The summed E-state index contributed by atoms with van der Waals surface area (Å²) >= 11 is 1.86. The molecule has 2 aliphatic heterocycles. The summed E-state index contributed by atoms with van der Waals surface area (Å²) in [6, 6.07) is 126. The minimum Gasteiger partial charge on any atom is -0.456 e. The zero-order valence-electron chi connectivity index (χ0n) is 52.1. The van der Waals surface area contributed by atoms with E-state index in [0.29, 0.717) is 0 Å². The van der Waals surface area contributed by atoms with E-state index in [4.69, 9.17) is 4.42 Å². The SMILES string of the molecule is c1ccc(-c2cccc(-c3ccccc3)c2N2c3ccc(-c4cccc5oc6ccccc6c45)cc3B3c4ccc(-n5c6ccccc6c6ccccc65)cc4N(c4c(-c5ccccc5)cccc4-c4ccccc4)c4cc(-c5ccc6sc7ccccc7c6c5)cc2c43)cc1. The van der Waals surface area contributed by atoms with Gasteiger partial charge in [0.1, 0.15) is 11.2 Å². The molecule has 96 heavy (non-hydrogen) atoms. The smallest absolute Gasteiger partial charge is 0.252 e. The van der Waals surface area contributed by atoms with E-state index in [-0.39, 0.29) is 6.71 Å². The van der Waals surface area contributed by atoms with Crippen molar-refractivity contribution in [1.82, 2.24) is 4.57 Å². The quantitative estimate of drug-likeness (QED) is 0.135. The predicted octanol–water partition coefficient (Wildman–Crippen LogP) is 23.1. The summed E-state index contributed by atoms with van der Waals surface area (Å²) in [5.74, 6) is 0. The van der Waals surface area contributed by atoms with Gasteiger partial charge in [0.15, 0.2) is 0 Å². The number of hydrogen-bond donors (Lipinski definition) is 0. The summed E-state index contributed by atoms with van der Waals surface area (Å²) in [5.41, 5.74) is 29.0. The van der Waals surface area contributed by atoms with Gasteiger partial charge in [-0.1, -0.05) is 267 Å². The van der Waals surface area contributed by atoms with Crippen molar-refractivity contribution >= 4 is 132 Å². The first-order chi connectivity index (χ1) is 47.6. The maximum Gasteiger partial charge on any atom is 0.252 e. The Bertz CT molecular complexity index is 6000. The van der Waals surface area contributed by atoms with E-state index in [1.165, 1.54) is 47.3 Å². The van der Waals surface area contributed by atoms with Crippen LogP contribution in [0.15, 0.2) is 344 Å². The molecule has 20 rings (SSSR count). The van der Waals surface area contributed by atoms with E-state index in [0.717, 1.165) is 140 Å². The lowest BCUT2D eigenvalue weighted by atomic mass is 9.33. The molecule has 0 bridgehead atoms. The van der Waals surface area contributed by atoms with Gasteiger partial charge in [0.05, 0.1) is 22.4 Å². The summed E-state index contributed by atoms with van der Waals surface area (Å²) in [7, 11) is 0. The molecule has 0 radical (unpaired) electrons. The predicted molar refractivity (Wildman–Crippen MR) is 408 cm³/mol. The topological polar surface area (TPSA) is 24.6 Å². The van der Waals surface area contributed by atoms with Crippen LogP contribution in [0.25, 0.3) is 136 Å². The number of rotatable bonds is 9. The number of benzene rings is 15. The average Bonchev–Trinajstić information content (AvgIpc) is 0.823. The maximum atomic E-state index is 6.68. The third kappa shape index (κ3) is 8.35. The zero-order chi connectivity index (χ0) is 63.0. The average molecular weight is 1240 g/mol. The molecule has 3 aromatic heterocycles. The van der Waals surface area contributed by atoms with Crippen LogP contribution >= 0.6 is 11.3 Å². The van der Waals surface area contributed by atoms with Crippen LogP contribution in [-0.4, -0.2) is 11.3 Å². The summed E-state index contributed by atoms with van der Waals surface area (Å²) in [6.45, 7) is -0.273. The van der Waals surface area contributed by atoms with Crippen LogP contribution in [0.2, 0.25) is 0 Å². The highest BCUT2D eigenvalue weighted by atomic mass is 32.1. The molecule has 0 fully saturated rings. The molecule has 0 amide bonds.